The Morgan fingerprint density at radius 1 is 1.29 bits per heavy atom. The van der Waals surface area contributed by atoms with Gasteiger partial charge >= 0.3 is 0 Å². The van der Waals surface area contributed by atoms with Crippen molar-refractivity contribution in [3.8, 4) is 5.75 Å². The maximum atomic E-state index is 13.5. The quantitative estimate of drug-likeness (QED) is 0.839. The SMILES string of the molecule is Oc1cc(N2CCCC2)c(F)cc1Br. The van der Waals surface area contributed by atoms with Crippen molar-refractivity contribution in [2.75, 3.05) is 18.0 Å². The minimum absolute atomic E-state index is 0.0910. The molecule has 0 aromatic heterocycles. The zero-order chi connectivity index (χ0) is 10.1. The molecule has 1 fully saturated rings. The predicted octanol–water partition coefficient (Wildman–Crippen LogP) is 2.89. The van der Waals surface area contributed by atoms with Gasteiger partial charge in [-0.1, -0.05) is 0 Å². The van der Waals surface area contributed by atoms with Gasteiger partial charge in [0.2, 0.25) is 0 Å². The van der Waals surface area contributed by atoms with Gasteiger partial charge < -0.3 is 10.0 Å². The van der Waals surface area contributed by atoms with Gasteiger partial charge in [-0.2, -0.15) is 0 Å². The summed E-state index contributed by atoms with van der Waals surface area (Å²) in [5.41, 5.74) is 0.503. The van der Waals surface area contributed by atoms with Crippen LogP contribution in [0.15, 0.2) is 16.6 Å². The molecule has 0 atom stereocenters. The lowest BCUT2D eigenvalue weighted by Crippen LogP contribution is -2.18. The topological polar surface area (TPSA) is 23.5 Å². The van der Waals surface area contributed by atoms with Crippen molar-refractivity contribution < 1.29 is 9.50 Å². The van der Waals surface area contributed by atoms with E-state index in [4.69, 9.17) is 0 Å². The highest BCUT2D eigenvalue weighted by molar-refractivity contribution is 9.10. The lowest BCUT2D eigenvalue weighted by molar-refractivity contribution is 0.469. The Hall–Kier alpha value is -0.770. The first-order valence-electron chi connectivity index (χ1n) is 4.61. The molecule has 2 rings (SSSR count). The lowest BCUT2D eigenvalue weighted by atomic mass is 10.2. The maximum Gasteiger partial charge on any atom is 0.147 e. The molecule has 0 saturated carbocycles. The molecule has 1 N–H and O–H groups in total. The number of anilines is 1. The number of benzene rings is 1. The number of rotatable bonds is 1. The van der Waals surface area contributed by atoms with Crippen molar-refractivity contribution in [3.63, 3.8) is 0 Å². The van der Waals surface area contributed by atoms with Gasteiger partial charge in [0.05, 0.1) is 10.2 Å². The summed E-state index contributed by atoms with van der Waals surface area (Å²) in [6.07, 6.45) is 2.19. The van der Waals surface area contributed by atoms with Crippen LogP contribution in [0.3, 0.4) is 0 Å². The minimum atomic E-state index is -0.281. The molecule has 1 aromatic carbocycles. The van der Waals surface area contributed by atoms with Gasteiger partial charge in [-0.3, -0.25) is 0 Å². The van der Waals surface area contributed by atoms with Crippen molar-refractivity contribution >= 4 is 21.6 Å². The second-order valence-corrected chi connectivity index (χ2v) is 4.30. The second kappa shape index (κ2) is 3.77. The van der Waals surface area contributed by atoms with Crippen LogP contribution in [0, 0.1) is 5.82 Å². The van der Waals surface area contributed by atoms with Gasteiger partial charge in [-0.05, 0) is 34.8 Å². The van der Waals surface area contributed by atoms with E-state index in [1.807, 2.05) is 4.90 Å². The molecule has 1 aliphatic rings. The molecule has 1 saturated heterocycles. The van der Waals surface area contributed by atoms with Gasteiger partial charge in [-0.15, -0.1) is 0 Å². The lowest BCUT2D eigenvalue weighted by Gasteiger charge is -2.18. The number of halogens is 2. The third-order valence-corrected chi connectivity index (χ3v) is 3.10. The Labute approximate surface area is 90.5 Å². The van der Waals surface area contributed by atoms with Crippen LogP contribution >= 0.6 is 15.9 Å². The molecular weight excluding hydrogens is 249 g/mol. The van der Waals surface area contributed by atoms with E-state index in [0.29, 0.717) is 10.2 Å². The standard InChI is InChI=1S/C10H11BrFNO/c11-7-5-8(12)9(6-10(7)14)13-3-1-2-4-13/h5-6,14H,1-4H2. The second-order valence-electron chi connectivity index (χ2n) is 3.45. The molecule has 0 radical (unpaired) electrons. The van der Waals surface area contributed by atoms with E-state index in [-0.39, 0.29) is 11.6 Å². The molecule has 0 amide bonds. The van der Waals surface area contributed by atoms with Crippen LogP contribution in [0.5, 0.6) is 5.75 Å². The maximum absolute atomic E-state index is 13.5. The molecule has 0 unspecified atom stereocenters. The smallest absolute Gasteiger partial charge is 0.147 e. The zero-order valence-electron chi connectivity index (χ0n) is 7.63. The summed E-state index contributed by atoms with van der Waals surface area (Å²) in [6, 6.07) is 2.79. The van der Waals surface area contributed by atoms with Crippen molar-refractivity contribution in [2.45, 2.75) is 12.8 Å². The molecule has 4 heteroatoms. The van der Waals surface area contributed by atoms with Gasteiger partial charge in [0.15, 0.2) is 0 Å². The molecule has 0 bridgehead atoms. The largest absolute Gasteiger partial charge is 0.507 e. The van der Waals surface area contributed by atoms with Crippen LogP contribution < -0.4 is 4.90 Å². The summed E-state index contributed by atoms with van der Waals surface area (Å²) in [5.74, 6) is -0.190. The molecule has 1 aliphatic heterocycles. The van der Waals surface area contributed by atoms with Crippen LogP contribution in [0.1, 0.15) is 12.8 Å². The van der Waals surface area contributed by atoms with Gasteiger partial charge in [-0.25, -0.2) is 4.39 Å². The van der Waals surface area contributed by atoms with E-state index in [1.165, 1.54) is 12.1 Å². The first kappa shape index (κ1) is 9.77. The number of phenols is 1. The van der Waals surface area contributed by atoms with E-state index in [9.17, 15) is 9.50 Å². The van der Waals surface area contributed by atoms with Crippen LogP contribution in [0.4, 0.5) is 10.1 Å². The Balaban J connectivity index is 2.37. The molecule has 1 heterocycles. The van der Waals surface area contributed by atoms with Crippen molar-refractivity contribution in [1.29, 1.82) is 0 Å². The molecule has 76 valence electrons. The summed E-state index contributed by atoms with van der Waals surface area (Å²) < 4.78 is 13.9. The molecular formula is C10H11BrFNO. The first-order chi connectivity index (χ1) is 6.68. The highest BCUT2D eigenvalue weighted by Crippen LogP contribution is 2.32. The van der Waals surface area contributed by atoms with Gasteiger partial charge in [0.25, 0.3) is 0 Å². The summed E-state index contributed by atoms with van der Waals surface area (Å²) >= 11 is 3.08. The zero-order valence-corrected chi connectivity index (χ0v) is 9.22. The average molecular weight is 260 g/mol. The number of nitrogens with zero attached hydrogens (tertiary/aromatic N) is 1. The monoisotopic (exact) mass is 259 g/mol. The Morgan fingerprint density at radius 2 is 1.93 bits per heavy atom. The number of phenolic OH excluding ortho intramolecular Hbond substituents is 1. The number of hydrogen-bond donors (Lipinski definition) is 1. The highest BCUT2D eigenvalue weighted by atomic mass is 79.9. The number of hydrogen-bond acceptors (Lipinski definition) is 2. The first-order valence-corrected chi connectivity index (χ1v) is 5.41. The average Bonchev–Trinajstić information content (AvgIpc) is 2.64. The predicted molar refractivity (Wildman–Crippen MR) is 57.2 cm³/mol. The van der Waals surface area contributed by atoms with E-state index in [1.54, 1.807) is 0 Å². The van der Waals surface area contributed by atoms with E-state index in [2.05, 4.69) is 15.9 Å². The fourth-order valence-corrected chi connectivity index (χ4v) is 2.04. The van der Waals surface area contributed by atoms with E-state index >= 15 is 0 Å². The third-order valence-electron chi connectivity index (χ3n) is 2.46. The fourth-order valence-electron chi connectivity index (χ4n) is 1.73. The van der Waals surface area contributed by atoms with Gasteiger partial charge in [0, 0.05) is 19.2 Å². The van der Waals surface area contributed by atoms with Crippen LogP contribution in [-0.4, -0.2) is 18.2 Å². The molecule has 14 heavy (non-hydrogen) atoms. The van der Waals surface area contributed by atoms with Crippen LogP contribution in [0.25, 0.3) is 0 Å². The third kappa shape index (κ3) is 1.71. The Kier molecular flexibility index (Phi) is 2.63. The van der Waals surface area contributed by atoms with E-state index in [0.717, 1.165) is 25.9 Å². The van der Waals surface area contributed by atoms with Gasteiger partial charge in [0.1, 0.15) is 11.6 Å². The summed E-state index contributed by atoms with van der Waals surface area (Å²) in [7, 11) is 0. The van der Waals surface area contributed by atoms with Crippen LogP contribution in [0.2, 0.25) is 0 Å². The van der Waals surface area contributed by atoms with Crippen molar-refractivity contribution in [3.05, 3.63) is 22.4 Å². The minimum Gasteiger partial charge on any atom is -0.507 e. The molecule has 2 nitrogen and oxygen atoms in total. The van der Waals surface area contributed by atoms with E-state index < -0.39 is 0 Å². The Morgan fingerprint density at radius 3 is 2.57 bits per heavy atom. The normalized spacial score (nSPS) is 16.3. The highest BCUT2D eigenvalue weighted by Gasteiger charge is 2.17. The Bertz CT molecular complexity index is 350. The summed E-state index contributed by atoms with van der Waals surface area (Å²) in [4.78, 5) is 1.96. The van der Waals surface area contributed by atoms with Crippen LogP contribution in [-0.2, 0) is 0 Å². The molecule has 1 aromatic rings. The fraction of sp³-hybridized carbons (Fsp3) is 0.400. The summed E-state index contributed by atoms with van der Waals surface area (Å²) in [5, 5.41) is 9.44. The van der Waals surface area contributed by atoms with Crippen molar-refractivity contribution in [1.82, 2.24) is 0 Å². The molecule has 0 aliphatic carbocycles. The molecule has 0 spiro atoms. The summed E-state index contributed by atoms with van der Waals surface area (Å²) in [6.45, 7) is 1.75. The van der Waals surface area contributed by atoms with Crippen molar-refractivity contribution in [2.24, 2.45) is 0 Å². The number of aromatic hydroxyl groups is 1.